The lowest BCUT2D eigenvalue weighted by molar-refractivity contribution is 0.391. The number of hydrogen-bond donors (Lipinski definition) is 0. The molecule has 0 amide bonds. The molecular formula is C13H16N2S. The lowest BCUT2D eigenvalue weighted by atomic mass is 9.74. The number of fused-ring (bicyclic) bond motifs is 3. The van der Waals surface area contributed by atoms with E-state index in [4.69, 9.17) is 0 Å². The molecule has 0 fully saturated rings. The Morgan fingerprint density at radius 1 is 1.50 bits per heavy atom. The highest BCUT2D eigenvalue weighted by Crippen LogP contribution is 2.48. The van der Waals surface area contributed by atoms with Gasteiger partial charge in [-0.1, -0.05) is 43.8 Å². The molecule has 2 atom stereocenters. The van der Waals surface area contributed by atoms with Crippen LogP contribution in [0.15, 0.2) is 29.4 Å². The molecule has 0 N–H and O–H groups in total. The maximum absolute atomic E-state index is 4.47. The normalized spacial score (nSPS) is 31.4. The van der Waals surface area contributed by atoms with Crippen molar-refractivity contribution in [2.24, 2.45) is 5.10 Å². The molecule has 0 aliphatic carbocycles. The van der Waals surface area contributed by atoms with Gasteiger partial charge in [0, 0.05) is 0 Å². The van der Waals surface area contributed by atoms with Crippen LogP contribution in [0.2, 0.25) is 0 Å². The number of hydrazone groups is 1. The van der Waals surface area contributed by atoms with Crippen molar-refractivity contribution in [1.82, 2.24) is 0 Å². The number of benzene rings is 1. The molecule has 0 saturated heterocycles. The Morgan fingerprint density at radius 2 is 2.31 bits per heavy atom. The van der Waals surface area contributed by atoms with Crippen LogP contribution in [-0.2, 0) is 5.41 Å². The summed E-state index contributed by atoms with van der Waals surface area (Å²) in [6.45, 7) is 4.66. The number of thioether (sulfide) groups is 1. The van der Waals surface area contributed by atoms with Gasteiger partial charge in [-0.2, -0.15) is 5.10 Å². The van der Waals surface area contributed by atoms with Crippen molar-refractivity contribution >= 4 is 23.0 Å². The van der Waals surface area contributed by atoms with E-state index in [1.807, 2.05) is 17.3 Å². The molecule has 0 saturated carbocycles. The molecule has 0 radical (unpaired) electrons. The van der Waals surface area contributed by atoms with E-state index in [1.54, 1.807) is 0 Å². The highest BCUT2D eigenvalue weighted by atomic mass is 32.2. The van der Waals surface area contributed by atoms with Crippen LogP contribution in [0.5, 0.6) is 0 Å². The molecule has 84 valence electrons. The number of hydrogen-bond acceptors (Lipinski definition) is 3. The largest absolute Gasteiger partial charge is 0.251 e. The van der Waals surface area contributed by atoms with Gasteiger partial charge in [-0.15, -0.1) is 0 Å². The van der Waals surface area contributed by atoms with E-state index in [2.05, 4.69) is 48.2 Å². The lowest BCUT2D eigenvalue weighted by Crippen LogP contribution is -2.39. The van der Waals surface area contributed by atoms with Crippen LogP contribution in [0.3, 0.4) is 0 Å². The van der Waals surface area contributed by atoms with Gasteiger partial charge in [0.1, 0.15) is 5.37 Å². The summed E-state index contributed by atoms with van der Waals surface area (Å²) >= 11 is 1.84. The first kappa shape index (κ1) is 10.2. The van der Waals surface area contributed by atoms with Gasteiger partial charge >= 0.3 is 0 Å². The monoisotopic (exact) mass is 232 g/mol. The van der Waals surface area contributed by atoms with Crippen LogP contribution >= 0.6 is 11.8 Å². The molecule has 2 aliphatic rings. The minimum atomic E-state index is 0.304. The summed E-state index contributed by atoms with van der Waals surface area (Å²) < 4.78 is 0. The Balaban J connectivity index is 2.15. The Bertz CT molecular complexity index is 443. The topological polar surface area (TPSA) is 15.6 Å². The number of anilines is 1. The molecule has 1 aromatic carbocycles. The maximum atomic E-state index is 4.47. The van der Waals surface area contributed by atoms with Crippen LogP contribution in [0.25, 0.3) is 0 Å². The summed E-state index contributed by atoms with van der Waals surface area (Å²) in [4.78, 5) is 0. The van der Waals surface area contributed by atoms with Crippen molar-refractivity contribution in [3.63, 3.8) is 0 Å². The number of para-hydroxylation sites is 1. The molecule has 1 aromatic rings. The van der Waals surface area contributed by atoms with Gasteiger partial charge in [0.15, 0.2) is 0 Å². The summed E-state index contributed by atoms with van der Waals surface area (Å²) in [5.41, 5.74) is 5.03. The lowest BCUT2D eigenvalue weighted by Gasteiger charge is -2.42. The summed E-state index contributed by atoms with van der Waals surface area (Å²) in [6.07, 6.45) is 2.38. The van der Waals surface area contributed by atoms with Gasteiger partial charge in [0.25, 0.3) is 0 Å². The van der Waals surface area contributed by atoms with E-state index in [1.165, 1.54) is 24.1 Å². The molecule has 2 aliphatic heterocycles. The van der Waals surface area contributed by atoms with E-state index in [0.717, 1.165) is 0 Å². The van der Waals surface area contributed by atoms with Crippen LogP contribution in [0.1, 0.15) is 32.3 Å². The second kappa shape index (κ2) is 3.52. The van der Waals surface area contributed by atoms with Crippen LogP contribution in [0.4, 0.5) is 5.69 Å². The molecule has 0 bridgehead atoms. The predicted molar refractivity (Wildman–Crippen MR) is 71.1 cm³/mol. The third-order valence-corrected chi connectivity index (χ3v) is 4.77. The van der Waals surface area contributed by atoms with Gasteiger partial charge in [0.05, 0.1) is 11.2 Å². The molecule has 2 nitrogen and oxygen atoms in total. The molecule has 3 heteroatoms. The first-order valence-electron chi connectivity index (χ1n) is 5.81. The zero-order chi connectivity index (χ0) is 11.2. The summed E-state index contributed by atoms with van der Waals surface area (Å²) in [5.74, 6) is 0. The second-order valence-electron chi connectivity index (χ2n) is 4.79. The molecular weight excluding hydrogens is 216 g/mol. The Labute approximate surface area is 101 Å². The van der Waals surface area contributed by atoms with Crippen molar-refractivity contribution in [2.45, 2.75) is 37.5 Å². The average molecular weight is 232 g/mol. The van der Waals surface area contributed by atoms with Gasteiger partial charge < -0.3 is 0 Å². The minimum Gasteiger partial charge on any atom is -0.251 e. The Kier molecular flexibility index (Phi) is 2.25. The molecule has 16 heavy (non-hydrogen) atoms. The Morgan fingerprint density at radius 3 is 3.12 bits per heavy atom. The van der Waals surface area contributed by atoms with Crippen LogP contribution in [-0.4, -0.2) is 10.9 Å². The fourth-order valence-electron chi connectivity index (χ4n) is 2.65. The van der Waals surface area contributed by atoms with Gasteiger partial charge in [-0.05, 0) is 29.9 Å². The maximum Gasteiger partial charge on any atom is 0.104 e. The third-order valence-electron chi connectivity index (χ3n) is 3.87. The third kappa shape index (κ3) is 1.31. The summed E-state index contributed by atoms with van der Waals surface area (Å²) in [5, 5.41) is 7.15. The molecule has 1 unspecified atom stereocenters. The van der Waals surface area contributed by atoms with Crippen molar-refractivity contribution < 1.29 is 0 Å². The SMILES string of the molecule is CCC1(C)C[C@H]2SC=NN2c2ccccc21. The van der Waals surface area contributed by atoms with E-state index in [9.17, 15) is 0 Å². The zero-order valence-corrected chi connectivity index (χ0v) is 10.5. The summed E-state index contributed by atoms with van der Waals surface area (Å²) in [6, 6.07) is 8.70. The Hall–Kier alpha value is -0.960. The first-order chi connectivity index (χ1) is 7.74. The first-order valence-corrected chi connectivity index (χ1v) is 6.75. The minimum absolute atomic E-state index is 0.304. The number of nitrogens with zero attached hydrogens (tertiary/aromatic N) is 2. The fraction of sp³-hybridized carbons (Fsp3) is 0.462. The van der Waals surface area contributed by atoms with Crippen LogP contribution < -0.4 is 5.01 Å². The molecule has 0 aromatic heterocycles. The van der Waals surface area contributed by atoms with E-state index in [0.29, 0.717) is 10.8 Å². The fourth-order valence-corrected chi connectivity index (χ4v) is 3.69. The average Bonchev–Trinajstić information content (AvgIpc) is 2.77. The quantitative estimate of drug-likeness (QED) is 0.735. The van der Waals surface area contributed by atoms with Crippen molar-refractivity contribution in [2.75, 3.05) is 5.01 Å². The molecule has 3 rings (SSSR count). The smallest absolute Gasteiger partial charge is 0.104 e. The predicted octanol–water partition coefficient (Wildman–Crippen LogP) is 3.58. The van der Waals surface area contributed by atoms with Gasteiger partial charge in [-0.25, -0.2) is 0 Å². The van der Waals surface area contributed by atoms with Gasteiger partial charge in [-0.3, -0.25) is 5.01 Å². The van der Waals surface area contributed by atoms with E-state index < -0.39 is 0 Å². The second-order valence-corrected chi connectivity index (χ2v) is 5.82. The van der Waals surface area contributed by atoms with E-state index in [-0.39, 0.29) is 0 Å². The van der Waals surface area contributed by atoms with Crippen molar-refractivity contribution in [3.05, 3.63) is 29.8 Å². The zero-order valence-electron chi connectivity index (χ0n) is 9.68. The molecule has 2 heterocycles. The standard InChI is InChI=1S/C13H16N2S/c1-3-13(2)8-12-15(14-9-16-12)11-7-5-4-6-10(11)13/h4-7,9,12H,3,8H2,1-2H3/t12-,13?/m1/s1. The highest BCUT2D eigenvalue weighted by Gasteiger charge is 2.40. The van der Waals surface area contributed by atoms with Crippen LogP contribution in [0, 0.1) is 0 Å². The van der Waals surface area contributed by atoms with Crippen molar-refractivity contribution in [1.29, 1.82) is 0 Å². The summed E-state index contributed by atoms with van der Waals surface area (Å²) in [7, 11) is 0. The van der Waals surface area contributed by atoms with E-state index >= 15 is 0 Å². The highest BCUT2D eigenvalue weighted by molar-refractivity contribution is 8.13. The molecule has 0 spiro atoms. The van der Waals surface area contributed by atoms with Crippen molar-refractivity contribution in [3.8, 4) is 0 Å². The number of rotatable bonds is 1. The van der Waals surface area contributed by atoms with Gasteiger partial charge in [0.2, 0.25) is 0 Å².